The zero-order valence-electron chi connectivity index (χ0n) is 12.6. The van der Waals surface area contributed by atoms with E-state index in [1.165, 1.54) is 6.07 Å². The molecule has 128 valence electrons. The predicted octanol–water partition coefficient (Wildman–Crippen LogP) is 2.37. The topological polar surface area (TPSA) is 61.4 Å². The van der Waals surface area contributed by atoms with Gasteiger partial charge in [0.2, 0.25) is 11.8 Å². The summed E-state index contributed by atoms with van der Waals surface area (Å²) in [5, 5.41) is 4.49. The second-order valence-corrected chi connectivity index (χ2v) is 5.50. The lowest BCUT2D eigenvalue weighted by atomic mass is 10.1. The predicted molar refractivity (Wildman–Crippen MR) is 81.3 cm³/mol. The Hall–Kier alpha value is -1.80. The molecule has 2 N–H and O–H groups in total. The minimum absolute atomic E-state index is 0.100. The Kier molecular flexibility index (Phi) is 6.83. The molecule has 0 saturated heterocycles. The Morgan fingerprint density at radius 3 is 2.43 bits per heavy atom. The Balaban J connectivity index is 2.66. The lowest BCUT2D eigenvalue weighted by molar-refractivity contribution is -0.137. The number of benzene rings is 1. The smallest absolute Gasteiger partial charge is 0.354 e. The van der Waals surface area contributed by atoms with Crippen LogP contribution in [0.25, 0.3) is 0 Å². The van der Waals surface area contributed by atoms with Gasteiger partial charge in [-0.05, 0) is 32.3 Å². The van der Waals surface area contributed by atoms with Crippen molar-refractivity contribution >= 4 is 29.1 Å². The molecule has 0 saturated carbocycles. The number of carbonyl (C=O) groups excluding carboxylic acids is 2. The average Bonchev–Trinajstić information content (AvgIpc) is 2.39. The Morgan fingerprint density at radius 2 is 1.87 bits per heavy atom. The summed E-state index contributed by atoms with van der Waals surface area (Å²) in [7, 11) is 3.64. The highest BCUT2D eigenvalue weighted by atomic mass is 35.5. The van der Waals surface area contributed by atoms with E-state index in [0.29, 0.717) is 19.2 Å². The molecule has 0 aliphatic carbocycles. The van der Waals surface area contributed by atoms with Gasteiger partial charge >= 0.3 is 6.18 Å². The van der Waals surface area contributed by atoms with Crippen LogP contribution in [0.1, 0.15) is 12.0 Å². The maximum Gasteiger partial charge on any atom is 0.418 e. The molecule has 1 aromatic carbocycles. The SMILES string of the molecule is CN(C)CCNC(=O)CC(=O)Nc1ccc(Cl)cc1C(F)(F)F. The number of anilines is 1. The molecule has 0 aliphatic rings. The fourth-order valence-corrected chi connectivity index (χ4v) is 1.85. The van der Waals surface area contributed by atoms with Gasteiger partial charge in [0.05, 0.1) is 11.3 Å². The van der Waals surface area contributed by atoms with Gasteiger partial charge in [0.1, 0.15) is 6.42 Å². The molecule has 0 aromatic heterocycles. The molecule has 0 heterocycles. The zero-order chi connectivity index (χ0) is 17.6. The normalized spacial score (nSPS) is 11.4. The molecule has 0 bridgehead atoms. The van der Waals surface area contributed by atoms with Gasteiger partial charge in [-0.25, -0.2) is 0 Å². The lowest BCUT2D eigenvalue weighted by Gasteiger charge is -2.14. The Labute approximate surface area is 136 Å². The number of nitrogens with zero attached hydrogens (tertiary/aromatic N) is 1. The van der Waals surface area contributed by atoms with Crippen molar-refractivity contribution in [3.63, 3.8) is 0 Å². The fourth-order valence-electron chi connectivity index (χ4n) is 1.68. The highest BCUT2D eigenvalue weighted by Crippen LogP contribution is 2.36. The van der Waals surface area contributed by atoms with Gasteiger partial charge < -0.3 is 15.5 Å². The minimum Gasteiger partial charge on any atom is -0.354 e. The van der Waals surface area contributed by atoms with Crippen LogP contribution in [0.5, 0.6) is 0 Å². The van der Waals surface area contributed by atoms with Crippen LogP contribution in [0, 0.1) is 0 Å². The molecule has 0 spiro atoms. The summed E-state index contributed by atoms with van der Waals surface area (Å²) in [6.45, 7) is 0.927. The molecule has 23 heavy (non-hydrogen) atoms. The number of nitrogens with one attached hydrogen (secondary N) is 2. The van der Waals surface area contributed by atoms with Crippen molar-refractivity contribution in [2.75, 3.05) is 32.5 Å². The summed E-state index contributed by atoms with van der Waals surface area (Å²) in [5.74, 6) is -1.40. The summed E-state index contributed by atoms with van der Waals surface area (Å²) in [6, 6.07) is 2.99. The van der Waals surface area contributed by atoms with Crippen molar-refractivity contribution in [1.29, 1.82) is 0 Å². The largest absolute Gasteiger partial charge is 0.418 e. The van der Waals surface area contributed by atoms with Crippen LogP contribution in [0.15, 0.2) is 18.2 Å². The van der Waals surface area contributed by atoms with E-state index in [0.717, 1.165) is 6.07 Å². The number of hydrogen-bond donors (Lipinski definition) is 2. The summed E-state index contributed by atoms with van der Waals surface area (Å²) in [4.78, 5) is 25.1. The summed E-state index contributed by atoms with van der Waals surface area (Å²) < 4.78 is 38.7. The second-order valence-electron chi connectivity index (χ2n) is 5.07. The van der Waals surface area contributed by atoms with Crippen LogP contribution in [-0.2, 0) is 15.8 Å². The quantitative estimate of drug-likeness (QED) is 0.773. The molecule has 1 aromatic rings. The van der Waals surface area contributed by atoms with Crippen molar-refractivity contribution in [1.82, 2.24) is 10.2 Å². The van der Waals surface area contributed by atoms with Gasteiger partial charge in [-0.15, -0.1) is 0 Å². The van der Waals surface area contributed by atoms with Gasteiger partial charge in [-0.1, -0.05) is 11.6 Å². The average molecular weight is 352 g/mol. The van der Waals surface area contributed by atoms with E-state index in [4.69, 9.17) is 11.6 Å². The highest BCUT2D eigenvalue weighted by molar-refractivity contribution is 6.30. The van der Waals surface area contributed by atoms with E-state index < -0.39 is 35.7 Å². The van der Waals surface area contributed by atoms with E-state index in [1.54, 1.807) is 0 Å². The molecule has 1 rings (SSSR count). The van der Waals surface area contributed by atoms with Crippen LogP contribution < -0.4 is 10.6 Å². The van der Waals surface area contributed by atoms with Crippen LogP contribution in [0.2, 0.25) is 5.02 Å². The lowest BCUT2D eigenvalue weighted by Crippen LogP contribution is -2.33. The van der Waals surface area contributed by atoms with Gasteiger partial charge in [-0.2, -0.15) is 13.2 Å². The van der Waals surface area contributed by atoms with E-state index in [1.807, 2.05) is 19.0 Å². The number of hydrogen-bond acceptors (Lipinski definition) is 3. The number of amides is 2. The number of likely N-dealkylation sites (N-methyl/N-ethyl adjacent to an activating group) is 1. The minimum atomic E-state index is -4.67. The molecule has 0 aliphatic heterocycles. The maximum atomic E-state index is 12.9. The maximum absolute atomic E-state index is 12.9. The summed E-state index contributed by atoms with van der Waals surface area (Å²) >= 11 is 5.55. The first-order valence-corrected chi connectivity index (χ1v) is 7.05. The first-order valence-electron chi connectivity index (χ1n) is 6.67. The highest BCUT2D eigenvalue weighted by Gasteiger charge is 2.34. The van der Waals surface area contributed by atoms with Crippen molar-refractivity contribution < 1.29 is 22.8 Å². The van der Waals surface area contributed by atoms with Gasteiger partial charge in [0.25, 0.3) is 0 Å². The summed E-state index contributed by atoms with van der Waals surface area (Å²) in [6.07, 6.45) is -5.23. The van der Waals surface area contributed by atoms with Crippen molar-refractivity contribution in [2.45, 2.75) is 12.6 Å². The van der Waals surface area contributed by atoms with Crippen molar-refractivity contribution in [3.05, 3.63) is 28.8 Å². The standard InChI is InChI=1S/C14H17ClF3N3O2/c1-21(2)6-5-19-12(22)8-13(23)20-11-4-3-9(15)7-10(11)14(16,17)18/h3-4,7H,5-6,8H2,1-2H3,(H,19,22)(H,20,23). The fraction of sp³-hybridized carbons (Fsp3) is 0.429. The zero-order valence-corrected chi connectivity index (χ0v) is 13.4. The molecule has 0 fully saturated rings. The molecular weight excluding hydrogens is 335 g/mol. The van der Waals surface area contributed by atoms with Crippen molar-refractivity contribution in [2.24, 2.45) is 0 Å². The molecule has 2 amide bonds. The molecular formula is C14H17ClF3N3O2. The Morgan fingerprint density at radius 1 is 1.22 bits per heavy atom. The van der Waals surface area contributed by atoms with Crippen LogP contribution in [-0.4, -0.2) is 43.9 Å². The van der Waals surface area contributed by atoms with Gasteiger partial charge in [-0.3, -0.25) is 9.59 Å². The first-order chi connectivity index (χ1) is 10.6. The molecule has 5 nitrogen and oxygen atoms in total. The van der Waals surface area contributed by atoms with Crippen molar-refractivity contribution in [3.8, 4) is 0 Å². The number of alkyl halides is 3. The number of carbonyl (C=O) groups is 2. The van der Waals surface area contributed by atoms with Crippen LogP contribution in [0.3, 0.4) is 0 Å². The molecule has 0 unspecified atom stereocenters. The first kappa shape index (κ1) is 19.2. The van der Waals surface area contributed by atoms with Crippen LogP contribution in [0.4, 0.5) is 18.9 Å². The third-order valence-electron chi connectivity index (χ3n) is 2.76. The van der Waals surface area contributed by atoms with E-state index in [9.17, 15) is 22.8 Å². The van der Waals surface area contributed by atoms with Gasteiger partial charge in [0.15, 0.2) is 0 Å². The molecule has 0 atom stereocenters. The number of rotatable bonds is 6. The van der Waals surface area contributed by atoms with E-state index in [-0.39, 0.29) is 5.02 Å². The Bertz CT molecular complexity index is 577. The van der Waals surface area contributed by atoms with E-state index >= 15 is 0 Å². The number of halogens is 4. The van der Waals surface area contributed by atoms with E-state index in [2.05, 4.69) is 10.6 Å². The third-order valence-corrected chi connectivity index (χ3v) is 3.00. The van der Waals surface area contributed by atoms with Crippen LogP contribution >= 0.6 is 11.6 Å². The monoisotopic (exact) mass is 351 g/mol. The summed E-state index contributed by atoms with van der Waals surface area (Å²) in [5.41, 5.74) is -1.50. The molecule has 0 radical (unpaired) electrons. The molecule has 9 heteroatoms. The van der Waals surface area contributed by atoms with Gasteiger partial charge in [0, 0.05) is 18.1 Å². The second kappa shape index (κ2) is 8.16. The third kappa shape index (κ3) is 6.87.